The number of hydrogen-bond donors (Lipinski definition) is 1. The molecule has 0 radical (unpaired) electrons. The second-order valence-corrected chi connectivity index (χ2v) is 8.60. The second-order valence-electron chi connectivity index (χ2n) is 6.96. The molecule has 1 saturated heterocycles. The minimum Gasteiger partial charge on any atom is -0.301 e. The van der Waals surface area contributed by atoms with Gasteiger partial charge in [-0.3, -0.25) is 14.6 Å². The number of carbonyl (C=O) groups is 1. The number of hydrogen-bond acceptors (Lipinski definition) is 5. The number of anilines is 1. The minimum absolute atomic E-state index is 0.0255. The Kier molecular flexibility index (Phi) is 7.24. The number of benzene rings is 1. The van der Waals surface area contributed by atoms with E-state index in [2.05, 4.69) is 46.1 Å². The Labute approximate surface area is 170 Å². The summed E-state index contributed by atoms with van der Waals surface area (Å²) in [5.74, 6) is 0.0255. The third kappa shape index (κ3) is 6.01. The Bertz CT molecular complexity index is 762. The average molecular weight is 407 g/mol. The maximum atomic E-state index is 12.4. The van der Waals surface area contributed by atoms with Crippen LogP contribution < -0.4 is 5.32 Å². The lowest BCUT2D eigenvalue weighted by Crippen LogP contribution is -2.36. The molecule has 3 rings (SSSR count). The molecule has 146 valence electrons. The van der Waals surface area contributed by atoms with E-state index in [1.807, 2.05) is 12.1 Å². The standard InChI is InChI=1S/C20H27ClN4OS/c1-3-18-15(2)27-20(22-18)23-19(26)14-25-10-4-9-24(11-12-25)13-16-5-7-17(21)8-6-16/h5-8H,3-4,9-14H2,1-2H3,(H,22,23,26). The van der Waals surface area contributed by atoms with Crippen LogP contribution in [0.3, 0.4) is 0 Å². The van der Waals surface area contributed by atoms with E-state index in [4.69, 9.17) is 11.6 Å². The van der Waals surface area contributed by atoms with Gasteiger partial charge in [-0.15, -0.1) is 11.3 Å². The normalized spacial score (nSPS) is 16.3. The molecule has 2 aromatic rings. The Morgan fingerprint density at radius 2 is 1.89 bits per heavy atom. The predicted octanol–water partition coefficient (Wildman–Crippen LogP) is 3.81. The number of aryl methyl sites for hydroxylation is 2. The molecule has 7 heteroatoms. The zero-order chi connectivity index (χ0) is 19.2. The number of thiazole rings is 1. The van der Waals surface area contributed by atoms with Crippen molar-refractivity contribution in [3.05, 3.63) is 45.4 Å². The molecule has 0 saturated carbocycles. The van der Waals surface area contributed by atoms with Crippen molar-refractivity contribution in [3.8, 4) is 0 Å². The van der Waals surface area contributed by atoms with Crippen LogP contribution in [-0.2, 0) is 17.8 Å². The van der Waals surface area contributed by atoms with Gasteiger partial charge >= 0.3 is 0 Å². The van der Waals surface area contributed by atoms with Gasteiger partial charge in [-0.25, -0.2) is 4.98 Å². The van der Waals surface area contributed by atoms with Gasteiger partial charge in [-0.1, -0.05) is 30.7 Å². The van der Waals surface area contributed by atoms with Gasteiger partial charge in [0.25, 0.3) is 0 Å². The summed E-state index contributed by atoms with van der Waals surface area (Å²) >= 11 is 7.52. The Hall–Kier alpha value is -1.47. The van der Waals surface area contributed by atoms with Gasteiger partial charge in [-0.05, 0) is 50.6 Å². The van der Waals surface area contributed by atoms with Crippen molar-refractivity contribution >= 4 is 34.0 Å². The smallest absolute Gasteiger partial charge is 0.240 e. The van der Waals surface area contributed by atoms with Crippen LogP contribution in [0.25, 0.3) is 0 Å². The average Bonchev–Trinajstić information content (AvgIpc) is 2.84. The van der Waals surface area contributed by atoms with Crippen molar-refractivity contribution in [2.24, 2.45) is 0 Å². The molecule has 0 spiro atoms. The Morgan fingerprint density at radius 1 is 1.19 bits per heavy atom. The molecular weight excluding hydrogens is 380 g/mol. The quantitative estimate of drug-likeness (QED) is 0.792. The number of nitrogens with one attached hydrogen (secondary N) is 1. The van der Waals surface area contributed by atoms with E-state index in [-0.39, 0.29) is 5.91 Å². The number of aromatic nitrogens is 1. The molecule has 1 aromatic heterocycles. The van der Waals surface area contributed by atoms with E-state index in [1.54, 1.807) is 11.3 Å². The number of amides is 1. The van der Waals surface area contributed by atoms with Gasteiger partial charge in [0.2, 0.25) is 5.91 Å². The molecule has 2 heterocycles. The lowest BCUT2D eigenvalue weighted by atomic mass is 10.2. The SMILES string of the molecule is CCc1nc(NC(=O)CN2CCCN(Cc3ccc(Cl)cc3)CC2)sc1C. The molecule has 1 N–H and O–H groups in total. The number of nitrogens with zero attached hydrogens (tertiary/aromatic N) is 3. The van der Waals surface area contributed by atoms with E-state index in [0.29, 0.717) is 11.7 Å². The molecule has 1 aliphatic heterocycles. The van der Waals surface area contributed by atoms with Crippen LogP contribution in [0.2, 0.25) is 5.02 Å². The second kappa shape index (κ2) is 9.64. The molecule has 0 aliphatic carbocycles. The van der Waals surface area contributed by atoms with Gasteiger partial charge in [0, 0.05) is 29.5 Å². The maximum absolute atomic E-state index is 12.4. The predicted molar refractivity (Wildman–Crippen MR) is 113 cm³/mol. The Morgan fingerprint density at radius 3 is 2.59 bits per heavy atom. The molecule has 1 amide bonds. The molecule has 1 fully saturated rings. The molecule has 5 nitrogen and oxygen atoms in total. The number of halogens is 1. The summed E-state index contributed by atoms with van der Waals surface area (Å²) in [5.41, 5.74) is 2.35. The van der Waals surface area contributed by atoms with Crippen molar-refractivity contribution in [2.75, 3.05) is 38.0 Å². The summed E-state index contributed by atoms with van der Waals surface area (Å²) in [4.78, 5) is 22.7. The van der Waals surface area contributed by atoms with E-state index >= 15 is 0 Å². The highest BCUT2D eigenvalue weighted by atomic mass is 35.5. The molecule has 0 bridgehead atoms. The lowest BCUT2D eigenvalue weighted by Gasteiger charge is -2.21. The van der Waals surface area contributed by atoms with Crippen LogP contribution in [0.5, 0.6) is 0 Å². The van der Waals surface area contributed by atoms with Gasteiger partial charge in [0.1, 0.15) is 0 Å². The summed E-state index contributed by atoms with van der Waals surface area (Å²) in [6.07, 6.45) is 1.96. The summed E-state index contributed by atoms with van der Waals surface area (Å²) in [6.45, 7) is 9.35. The van der Waals surface area contributed by atoms with Crippen LogP contribution in [0.4, 0.5) is 5.13 Å². The highest BCUT2D eigenvalue weighted by Crippen LogP contribution is 2.22. The Balaban J connectivity index is 1.47. The first-order chi connectivity index (χ1) is 13.0. The highest BCUT2D eigenvalue weighted by Gasteiger charge is 2.18. The summed E-state index contributed by atoms with van der Waals surface area (Å²) in [7, 11) is 0. The molecule has 1 aliphatic rings. The summed E-state index contributed by atoms with van der Waals surface area (Å²) in [6, 6.07) is 8.04. The van der Waals surface area contributed by atoms with E-state index in [9.17, 15) is 4.79 Å². The van der Waals surface area contributed by atoms with Crippen molar-refractivity contribution in [2.45, 2.75) is 33.2 Å². The fourth-order valence-corrected chi connectivity index (χ4v) is 4.40. The topological polar surface area (TPSA) is 48.5 Å². The van der Waals surface area contributed by atoms with Gasteiger partial charge in [0.15, 0.2) is 5.13 Å². The van der Waals surface area contributed by atoms with Crippen molar-refractivity contribution in [3.63, 3.8) is 0 Å². The van der Waals surface area contributed by atoms with E-state index in [1.165, 1.54) is 10.4 Å². The molecule has 0 atom stereocenters. The highest BCUT2D eigenvalue weighted by molar-refractivity contribution is 7.15. The van der Waals surface area contributed by atoms with Crippen LogP contribution >= 0.6 is 22.9 Å². The number of carbonyl (C=O) groups excluding carboxylic acids is 1. The molecular formula is C20H27ClN4OS. The third-order valence-corrected chi connectivity index (χ3v) is 6.02. The van der Waals surface area contributed by atoms with E-state index < -0.39 is 0 Å². The first kappa shape index (κ1) is 20.3. The van der Waals surface area contributed by atoms with Crippen molar-refractivity contribution in [1.29, 1.82) is 0 Å². The summed E-state index contributed by atoms with van der Waals surface area (Å²) < 4.78 is 0. The third-order valence-electron chi connectivity index (χ3n) is 4.84. The van der Waals surface area contributed by atoms with Gasteiger partial charge < -0.3 is 5.32 Å². The fourth-order valence-electron chi connectivity index (χ4n) is 3.36. The monoisotopic (exact) mass is 406 g/mol. The molecule has 0 unspecified atom stereocenters. The minimum atomic E-state index is 0.0255. The van der Waals surface area contributed by atoms with Crippen LogP contribution in [-0.4, -0.2) is 53.4 Å². The van der Waals surface area contributed by atoms with Gasteiger partial charge in [0.05, 0.1) is 12.2 Å². The molecule has 1 aromatic carbocycles. The van der Waals surface area contributed by atoms with E-state index in [0.717, 1.165) is 56.3 Å². The van der Waals surface area contributed by atoms with Crippen molar-refractivity contribution in [1.82, 2.24) is 14.8 Å². The van der Waals surface area contributed by atoms with Gasteiger partial charge in [-0.2, -0.15) is 0 Å². The first-order valence-corrected chi connectivity index (χ1v) is 10.7. The fraction of sp³-hybridized carbons (Fsp3) is 0.500. The zero-order valence-corrected chi connectivity index (χ0v) is 17.6. The number of rotatable bonds is 6. The van der Waals surface area contributed by atoms with Crippen molar-refractivity contribution < 1.29 is 4.79 Å². The van der Waals surface area contributed by atoms with Crippen LogP contribution in [0.1, 0.15) is 29.5 Å². The summed E-state index contributed by atoms with van der Waals surface area (Å²) in [5, 5.41) is 4.45. The largest absolute Gasteiger partial charge is 0.301 e. The lowest BCUT2D eigenvalue weighted by molar-refractivity contribution is -0.117. The maximum Gasteiger partial charge on any atom is 0.240 e. The molecule has 27 heavy (non-hydrogen) atoms. The zero-order valence-electron chi connectivity index (χ0n) is 16.0. The first-order valence-electron chi connectivity index (χ1n) is 9.49. The van der Waals surface area contributed by atoms with Crippen LogP contribution in [0, 0.1) is 6.92 Å². The van der Waals surface area contributed by atoms with Crippen LogP contribution in [0.15, 0.2) is 24.3 Å².